The topological polar surface area (TPSA) is 63.1 Å². The van der Waals surface area contributed by atoms with Crippen LogP contribution >= 0.6 is 0 Å². The Kier molecular flexibility index (Phi) is 8.54. The minimum atomic E-state index is -7.75. The van der Waals surface area contributed by atoms with E-state index in [9.17, 15) is 48.7 Å². The predicted octanol–water partition coefficient (Wildman–Crippen LogP) is 7.70. The number of aromatic nitrogens is 3. The Morgan fingerprint density at radius 2 is 1.31 bits per heavy atom. The van der Waals surface area contributed by atoms with Crippen molar-refractivity contribution in [1.82, 2.24) is 14.5 Å². The molecule has 1 N–H and O–H groups in total. The number of fused-ring (bicyclic) bond motifs is 1. The summed E-state index contributed by atoms with van der Waals surface area (Å²) in [5.41, 5.74) is -5.11. The van der Waals surface area contributed by atoms with Gasteiger partial charge >= 0.3 is 36.0 Å². The SMILES string of the molecule is CC(C)(n1c(=O)ccc2cnc(Nc3ccc(N4CCCCC4)cc3)nc21)C(F)(F)C(F)(F)C(F)(F)C(F)(F)C(F)(F)C(F)F. The Balaban J connectivity index is 1.75. The first-order valence-corrected chi connectivity index (χ1v) is 13.3. The molecule has 1 fully saturated rings. The lowest BCUT2D eigenvalue weighted by Gasteiger charge is -2.44. The molecule has 3 aromatic rings. The largest absolute Gasteiger partial charge is 0.384 e. The van der Waals surface area contributed by atoms with Gasteiger partial charge in [0.05, 0.1) is 0 Å². The van der Waals surface area contributed by atoms with Gasteiger partial charge in [-0.15, -0.1) is 0 Å². The van der Waals surface area contributed by atoms with Crippen LogP contribution in [0.15, 0.2) is 47.4 Å². The number of halogens is 12. The maximum absolute atomic E-state index is 15.4. The summed E-state index contributed by atoms with van der Waals surface area (Å²) in [6, 6.07) is 8.21. The van der Waals surface area contributed by atoms with Crippen molar-refractivity contribution >= 4 is 28.4 Å². The van der Waals surface area contributed by atoms with Gasteiger partial charge in [0.1, 0.15) is 11.2 Å². The van der Waals surface area contributed by atoms with E-state index in [2.05, 4.69) is 20.2 Å². The number of hydrogen-bond acceptors (Lipinski definition) is 5. The average molecular weight is 664 g/mol. The molecule has 2 aromatic heterocycles. The van der Waals surface area contributed by atoms with E-state index in [1.807, 2.05) is 0 Å². The molecule has 248 valence electrons. The van der Waals surface area contributed by atoms with E-state index in [4.69, 9.17) is 0 Å². The van der Waals surface area contributed by atoms with Crippen molar-refractivity contribution < 1.29 is 52.7 Å². The summed E-state index contributed by atoms with van der Waals surface area (Å²) in [5, 5.41) is 2.42. The highest BCUT2D eigenvalue weighted by atomic mass is 19.4. The first-order chi connectivity index (χ1) is 20.6. The van der Waals surface area contributed by atoms with Crippen LogP contribution in [0.3, 0.4) is 0 Å². The Labute approximate surface area is 247 Å². The number of nitrogens with one attached hydrogen (secondary N) is 1. The van der Waals surface area contributed by atoms with Crippen LogP contribution in [0.1, 0.15) is 33.1 Å². The normalized spacial score (nSPS) is 16.0. The van der Waals surface area contributed by atoms with Crippen molar-refractivity contribution in [2.45, 2.75) is 74.7 Å². The fraction of sp³-hybridized carbons (Fsp3) is 0.519. The van der Waals surface area contributed by atoms with Crippen LogP contribution < -0.4 is 15.8 Å². The third-order valence-electron chi connectivity index (χ3n) is 7.68. The summed E-state index contributed by atoms with van der Waals surface area (Å²) < 4.78 is 168. The molecule has 1 saturated heterocycles. The third kappa shape index (κ3) is 5.32. The summed E-state index contributed by atoms with van der Waals surface area (Å²) >= 11 is 0. The molecular formula is C27H25F12N5O. The van der Waals surface area contributed by atoms with E-state index in [0.717, 1.165) is 50.3 Å². The Morgan fingerprint density at radius 3 is 1.87 bits per heavy atom. The smallest absolute Gasteiger partial charge is 0.372 e. The number of rotatable bonds is 10. The number of pyridine rings is 1. The summed E-state index contributed by atoms with van der Waals surface area (Å²) in [6.45, 7) is 1.82. The molecule has 18 heteroatoms. The second kappa shape index (κ2) is 11.3. The number of benzene rings is 1. The molecule has 0 aliphatic carbocycles. The van der Waals surface area contributed by atoms with Crippen molar-refractivity contribution in [3.8, 4) is 0 Å². The maximum atomic E-state index is 15.4. The molecule has 0 amide bonds. The highest BCUT2D eigenvalue weighted by Crippen LogP contribution is 2.61. The molecule has 1 aliphatic heterocycles. The molecule has 4 rings (SSSR count). The van der Waals surface area contributed by atoms with Crippen molar-refractivity contribution in [2.75, 3.05) is 23.3 Å². The van der Waals surface area contributed by atoms with Crippen LogP contribution in [0.25, 0.3) is 11.0 Å². The van der Waals surface area contributed by atoms with Crippen molar-refractivity contribution in [3.05, 3.63) is 52.9 Å². The number of alkyl halides is 12. The molecule has 45 heavy (non-hydrogen) atoms. The van der Waals surface area contributed by atoms with Crippen LogP contribution in [0, 0.1) is 0 Å². The second-order valence-corrected chi connectivity index (χ2v) is 11.0. The molecule has 0 spiro atoms. The zero-order valence-corrected chi connectivity index (χ0v) is 23.4. The first kappa shape index (κ1) is 34.1. The monoisotopic (exact) mass is 663 g/mol. The van der Waals surface area contributed by atoms with E-state index in [-0.39, 0.29) is 23.8 Å². The molecule has 0 unspecified atom stereocenters. The van der Waals surface area contributed by atoms with Crippen LogP contribution in [-0.4, -0.2) is 63.7 Å². The van der Waals surface area contributed by atoms with Gasteiger partial charge in [-0.2, -0.15) is 48.9 Å². The summed E-state index contributed by atoms with van der Waals surface area (Å²) in [6.07, 6.45) is -1.56. The van der Waals surface area contributed by atoms with Gasteiger partial charge in [-0.05, 0) is 63.4 Å². The molecular weight excluding hydrogens is 638 g/mol. The van der Waals surface area contributed by atoms with Crippen molar-refractivity contribution in [2.24, 2.45) is 0 Å². The molecule has 1 aliphatic rings. The number of anilines is 3. The van der Waals surface area contributed by atoms with Crippen molar-refractivity contribution in [3.63, 3.8) is 0 Å². The van der Waals surface area contributed by atoms with Gasteiger partial charge in [0.2, 0.25) is 5.95 Å². The van der Waals surface area contributed by atoms with Gasteiger partial charge in [0.15, 0.2) is 0 Å². The summed E-state index contributed by atoms with van der Waals surface area (Å²) in [7, 11) is 0. The Hall–Kier alpha value is -3.73. The molecule has 0 atom stereocenters. The van der Waals surface area contributed by atoms with Crippen molar-refractivity contribution in [1.29, 1.82) is 0 Å². The fourth-order valence-electron chi connectivity index (χ4n) is 4.92. The zero-order valence-electron chi connectivity index (χ0n) is 23.4. The third-order valence-corrected chi connectivity index (χ3v) is 7.68. The Morgan fingerprint density at radius 1 is 0.756 bits per heavy atom. The lowest BCUT2D eigenvalue weighted by Crippen LogP contribution is -2.72. The first-order valence-electron chi connectivity index (χ1n) is 13.3. The highest BCUT2D eigenvalue weighted by molar-refractivity contribution is 5.76. The van der Waals surface area contributed by atoms with Crippen LogP contribution in [0.5, 0.6) is 0 Å². The van der Waals surface area contributed by atoms with Gasteiger partial charge in [0, 0.05) is 42.1 Å². The van der Waals surface area contributed by atoms with Crippen LogP contribution in [-0.2, 0) is 5.54 Å². The number of hydrogen-bond donors (Lipinski definition) is 1. The number of piperidine rings is 1. The molecule has 0 saturated carbocycles. The summed E-state index contributed by atoms with van der Waals surface area (Å²) in [5.74, 6) is -36.9. The van der Waals surface area contributed by atoms with Crippen LogP contribution in [0.4, 0.5) is 70.0 Å². The van der Waals surface area contributed by atoms with Gasteiger partial charge in [0.25, 0.3) is 5.56 Å². The van der Waals surface area contributed by atoms with E-state index in [1.165, 1.54) is 0 Å². The van der Waals surface area contributed by atoms with Gasteiger partial charge in [-0.25, -0.2) is 13.8 Å². The Bertz CT molecular complexity index is 1590. The predicted molar refractivity (Wildman–Crippen MR) is 140 cm³/mol. The lowest BCUT2D eigenvalue weighted by molar-refractivity contribution is -0.421. The van der Waals surface area contributed by atoms with Crippen LogP contribution in [0.2, 0.25) is 0 Å². The second-order valence-electron chi connectivity index (χ2n) is 11.0. The standard InChI is InChI=1S/C27H25F12N5O/c1-22(2,24(32,33)26(36,37)27(38,39)25(34,35)23(30,31)20(28)29)44-18(45)11-6-15-14-40-21(42-19(15)44)41-16-7-9-17(10-8-16)43-12-4-3-5-13-43/h6-11,14,20H,3-5,12-13H2,1-2H3,(H,40,41,42). The van der Waals surface area contributed by atoms with E-state index < -0.39 is 58.7 Å². The molecule has 1 aromatic carbocycles. The fourth-order valence-corrected chi connectivity index (χ4v) is 4.92. The van der Waals surface area contributed by atoms with Gasteiger partial charge in [-0.1, -0.05) is 0 Å². The maximum Gasteiger partial charge on any atom is 0.384 e. The minimum absolute atomic E-state index is 0.0652. The lowest BCUT2D eigenvalue weighted by atomic mass is 9.84. The zero-order chi connectivity index (χ0) is 33.8. The quantitative estimate of drug-likeness (QED) is 0.226. The van der Waals surface area contributed by atoms with Gasteiger partial charge < -0.3 is 10.2 Å². The molecule has 6 nitrogen and oxygen atoms in total. The molecule has 0 bridgehead atoms. The highest BCUT2D eigenvalue weighted by Gasteiger charge is 2.89. The van der Waals surface area contributed by atoms with E-state index in [1.54, 1.807) is 24.3 Å². The van der Waals surface area contributed by atoms with E-state index in [0.29, 0.717) is 11.8 Å². The molecule has 3 heterocycles. The van der Waals surface area contributed by atoms with Gasteiger partial charge in [-0.3, -0.25) is 9.36 Å². The summed E-state index contributed by atoms with van der Waals surface area (Å²) in [4.78, 5) is 22.7. The van der Waals surface area contributed by atoms with E-state index >= 15 is 8.78 Å². The average Bonchev–Trinajstić information content (AvgIpc) is 2.97. The minimum Gasteiger partial charge on any atom is -0.372 e. The number of nitrogens with zero attached hydrogens (tertiary/aromatic N) is 4. The molecule has 0 radical (unpaired) electrons.